The number of hydrogen-bond donors (Lipinski definition) is 4. The van der Waals surface area contributed by atoms with Gasteiger partial charge in [0.15, 0.2) is 46.6 Å². The summed E-state index contributed by atoms with van der Waals surface area (Å²) in [5.74, 6) is 29.5. The molecule has 0 fully saturated rings. The first-order chi connectivity index (χ1) is 39.4. The smallest absolute Gasteiger partial charge is 0.336 e. The third kappa shape index (κ3) is 18.7. The maximum atomic E-state index is 8.49. The number of nitrogens with two attached hydrogens (primary N) is 4. The molecule has 0 aliphatic heterocycles. The molecule has 12 rings (SSSR count). The average molecular weight is 1210 g/mol. The first-order valence-corrected chi connectivity index (χ1v) is 26.4. The van der Waals surface area contributed by atoms with Gasteiger partial charge in [0.2, 0.25) is 0 Å². The fourth-order valence-corrected chi connectivity index (χ4v) is 7.44. The van der Waals surface area contributed by atoms with E-state index in [1.807, 2.05) is 243 Å². The zero-order valence-electron chi connectivity index (χ0n) is 43.5. The van der Waals surface area contributed by atoms with Gasteiger partial charge in [0.05, 0.1) is 0 Å². The summed E-state index contributed by atoms with van der Waals surface area (Å²) in [6.45, 7) is 0. The zero-order valence-corrected chi connectivity index (χ0v) is 48.0. The van der Waals surface area contributed by atoms with Crippen LogP contribution < -0.4 is 60.6 Å². The second-order valence-corrected chi connectivity index (χ2v) is 18.1. The van der Waals surface area contributed by atoms with E-state index in [1.165, 1.54) is 18.7 Å². The van der Waals surface area contributed by atoms with E-state index in [0.29, 0.717) is 46.6 Å². The van der Waals surface area contributed by atoms with Gasteiger partial charge in [0.1, 0.15) is 0 Å². The molecule has 0 atom stereocenters. The van der Waals surface area contributed by atoms with Crippen LogP contribution in [-0.4, -0.2) is 59.5 Å². The molecule has 0 saturated carbocycles. The van der Waals surface area contributed by atoms with Crippen molar-refractivity contribution in [1.82, 2.24) is 59.5 Å². The van der Waals surface area contributed by atoms with Crippen LogP contribution >= 0.6 is 0 Å². The molecule has 12 aromatic rings. The summed E-state index contributed by atoms with van der Waals surface area (Å²) in [7, 11) is -9.89. The largest absolute Gasteiger partial charge is 2.00 e. The van der Waals surface area contributed by atoms with Gasteiger partial charge >= 0.3 is 19.5 Å². The maximum absolute atomic E-state index is 8.49. The van der Waals surface area contributed by atoms with Crippen LogP contribution in [0.4, 0.5) is 0 Å². The van der Waals surface area contributed by atoms with Crippen LogP contribution in [0.15, 0.2) is 243 Å². The van der Waals surface area contributed by atoms with Crippen LogP contribution in [0.3, 0.4) is 0 Å². The van der Waals surface area contributed by atoms with Crippen molar-refractivity contribution in [2.75, 3.05) is 23.4 Å². The van der Waals surface area contributed by atoms with Crippen LogP contribution in [0.2, 0.25) is 0 Å². The fraction of sp³-hybridized carbons (Fsp3) is 0. The molecule has 0 amide bonds. The van der Waals surface area contributed by atoms with Gasteiger partial charge in [-0.25, -0.2) is 56.0 Å². The molecule has 0 unspecified atom stereocenters. The van der Waals surface area contributed by atoms with Crippen LogP contribution in [0.25, 0.3) is 91.1 Å². The summed E-state index contributed by atoms with van der Waals surface area (Å²) in [6.07, 6.45) is 0. The Morgan fingerprint density at radius 1 is 0.205 bits per heavy atom. The molecule has 0 saturated heterocycles. The van der Waals surface area contributed by atoms with E-state index in [1.54, 1.807) is 0 Å². The molecular formula is C56H48Cl2N16O8Zn. The molecule has 83 heavy (non-hydrogen) atoms. The van der Waals surface area contributed by atoms with Crippen LogP contribution in [-0.2, 0) is 19.5 Å². The van der Waals surface area contributed by atoms with Crippen molar-refractivity contribution in [2.24, 2.45) is 0 Å². The van der Waals surface area contributed by atoms with Gasteiger partial charge in [0.25, 0.3) is 0 Å². The molecule has 0 aliphatic carbocycles. The number of rotatable bonds is 8. The summed E-state index contributed by atoms with van der Waals surface area (Å²) >= 11 is 0. The van der Waals surface area contributed by atoms with Gasteiger partial charge in [-0.15, -0.1) is 61.3 Å². The van der Waals surface area contributed by atoms with Crippen LogP contribution in [0.1, 0.15) is 0 Å². The second-order valence-electron chi connectivity index (χ2n) is 16.6. The van der Waals surface area contributed by atoms with Crippen molar-refractivity contribution in [3.05, 3.63) is 243 Å². The van der Waals surface area contributed by atoms with Gasteiger partial charge in [-0.2, -0.15) is 0 Å². The summed E-state index contributed by atoms with van der Waals surface area (Å²) < 4.78 is 74.0. The first-order valence-electron chi connectivity index (χ1n) is 23.9. The average Bonchev–Trinajstić information content (AvgIpc) is 4.34. The minimum atomic E-state index is -4.94. The Morgan fingerprint density at radius 3 is 0.373 bits per heavy atom. The maximum Gasteiger partial charge on any atom is 2.00 e. The van der Waals surface area contributed by atoms with Crippen molar-refractivity contribution < 1.29 is 77.2 Å². The van der Waals surface area contributed by atoms with Gasteiger partial charge < -0.3 is 23.4 Å². The SMILES string of the molecule is Nn1c(-c2ccccc2)nnc1-c1ccccc1.Nn1c(-c2ccccc2)nnc1-c1ccccc1.Nn1c(-c2ccccc2)nnc1-c1ccccc1.Nn1c(-c2ccccc2)nnc1-c1ccccc1.[O-][Cl+3]([O-])([O-])[O-].[O-][Cl+3]([O-])([O-])[O-].[Zn+2]. The minimum absolute atomic E-state index is 0. The molecule has 0 spiro atoms. The molecule has 4 aromatic heterocycles. The number of benzene rings is 8. The van der Waals surface area contributed by atoms with E-state index in [2.05, 4.69) is 40.8 Å². The molecular weight excluding hydrogens is 1160 g/mol. The van der Waals surface area contributed by atoms with E-state index in [9.17, 15) is 0 Å². The summed E-state index contributed by atoms with van der Waals surface area (Å²) in [6, 6.07) is 78.2. The molecule has 8 N–H and O–H groups in total. The van der Waals surface area contributed by atoms with E-state index < -0.39 is 20.5 Å². The summed E-state index contributed by atoms with van der Waals surface area (Å²) in [5.41, 5.74) is 7.63. The van der Waals surface area contributed by atoms with Crippen molar-refractivity contribution in [2.45, 2.75) is 0 Å². The van der Waals surface area contributed by atoms with Crippen LogP contribution in [0, 0.1) is 20.5 Å². The second kappa shape index (κ2) is 30.3. The quantitative estimate of drug-likeness (QED) is 0.113. The molecule has 0 aliphatic rings. The van der Waals surface area contributed by atoms with Gasteiger partial charge in [-0.3, -0.25) is 0 Å². The first kappa shape index (κ1) is 62.6. The van der Waals surface area contributed by atoms with Crippen molar-refractivity contribution >= 4 is 0 Å². The summed E-state index contributed by atoms with van der Waals surface area (Å²) in [4.78, 5) is 0. The topological polar surface area (TPSA) is 411 Å². The minimum Gasteiger partial charge on any atom is -0.336 e. The van der Waals surface area contributed by atoms with Gasteiger partial charge in [-0.1, -0.05) is 243 Å². The molecule has 0 bridgehead atoms. The Balaban J connectivity index is 0.000000168. The zero-order chi connectivity index (χ0) is 58.5. The monoisotopic (exact) mass is 1210 g/mol. The molecule has 24 nitrogen and oxygen atoms in total. The predicted molar refractivity (Wildman–Crippen MR) is 284 cm³/mol. The van der Waals surface area contributed by atoms with E-state index in [0.717, 1.165) is 44.5 Å². The van der Waals surface area contributed by atoms with Crippen LogP contribution in [0.5, 0.6) is 0 Å². The molecule has 416 valence electrons. The Morgan fingerprint density at radius 2 is 0.289 bits per heavy atom. The third-order valence-corrected chi connectivity index (χ3v) is 11.0. The van der Waals surface area contributed by atoms with E-state index >= 15 is 0 Å². The van der Waals surface area contributed by atoms with E-state index in [4.69, 9.17) is 60.6 Å². The molecule has 8 aromatic carbocycles. The van der Waals surface area contributed by atoms with E-state index in [-0.39, 0.29) is 19.5 Å². The number of nitrogen functional groups attached to an aromatic ring is 4. The molecule has 27 heteroatoms. The van der Waals surface area contributed by atoms with Gasteiger partial charge in [-0.05, 0) is 0 Å². The fourth-order valence-electron chi connectivity index (χ4n) is 7.44. The number of hydrogen-bond acceptors (Lipinski definition) is 20. The Bertz CT molecular complexity index is 3070. The number of aromatic nitrogens is 12. The molecule has 0 radical (unpaired) electrons. The summed E-state index contributed by atoms with van der Waals surface area (Å²) in [5, 5.41) is 33.2. The van der Waals surface area contributed by atoms with Crippen molar-refractivity contribution in [1.29, 1.82) is 0 Å². The number of nitrogens with zero attached hydrogens (tertiary/aromatic N) is 12. The van der Waals surface area contributed by atoms with Crippen molar-refractivity contribution in [3.8, 4) is 91.1 Å². The number of halogens is 2. The molecule has 4 heterocycles. The Hall–Kier alpha value is -9.60. The van der Waals surface area contributed by atoms with Crippen molar-refractivity contribution in [3.63, 3.8) is 0 Å². The Labute approximate surface area is 491 Å². The third-order valence-electron chi connectivity index (χ3n) is 11.0. The predicted octanol–water partition coefficient (Wildman–Crippen LogP) is -0.211. The standard InChI is InChI=1S/4C14H12N4.2ClHO4.Zn/c4*15-18-13(11-7-3-1-4-8-11)16-17-14(18)12-9-5-2-6-10-12;2*2-1(3,4)5;/h4*1-10H,15H2;2*(H,2,3,4,5);/q;;;;;;+2/p-2. The normalized spacial score (nSPS) is 10.5. The van der Waals surface area contributed by atoms with Gasteiger partial charge in [0, 0.05) is 44.5 Å². The Kier molecular flexibility index (Phi) is 22.8.